The number of nitrogens with one attached hydrogen (secondary N) is 1. The third-order valence-corrected chi connectivity index (χ3v) is 4.78. The molecule has 0 aliphatic carbocycles. The van der Waals surface area contributed by atoms with E-state index in [4.69, 9.17) is 14.7 Å². The number of benzene rings is 2. The summed E-state index contributed by atoms with van der Waals surface area (Å²) in [4.78, 5) is 38.8. The summed E-state index contributed by atoms with van der Waals surface area (Å²) in [6.07, 6.45) is -1.04. The molecule has 8 nitrogen and oxygen atoms in total. The molecule has 3 rings (SSSR count). The van der Waals surface area contributed by atoms with Gasteiger partial charge in [0.1, 0.15) is 5.75 Å². The number of hydrogen-bond donors (Lipinski definition) is 1. The zero-order valence-corrected chi connectivity index (χ0v) is 16.6. The molecular formula is C22H21N3O5. The summed E-state index contributed by atoms with van der Waals surface area (Å²) in [5.74, 6) is -1.46. The maximum atomic E-state index is 12.5. The monoisotopic (exact) mass is 407 g/mol. The molecule has 2 aromatic carbocycles. The number of amides is 2. The molecule has 0 unspecified atom stereocenters. The second kappa shape index (κ2) is 9.09. The zero-order valence-electron chi connectivity index (χ0n) is 16.6. The summed E-state index contributed by atoms with van der Waals surface area (Å²) < 4.78 is 10.6. The van der Waals surface area contributed by atoms with Gasteiger partial charge in [-0.1, -0.05) is 12.1 Å². The number of ether oxygens (including phenoxy) is 2. The first kappa shape index (κ1) is 20.9. The van der Waals surface area contributed by atoms with Gasteiger partial charge in [-0.25, -0.2) is 0 Å². The molecule has 1 fully saturated rings. The number of methoxy groups -OCH3 is 1. The van der Waals surface area contributed by atoms with Crippen LogP contribution in [0.3, 0.4) is 0 Å². The average molecular weight is 407 g/mol. The fraction of sp³-hybridized carbons (Fsp3) is 0.273. The Morgan fingerprint density at radius 3 is 2.57 bits per heavy atom. The number of nitriles is 1. The van der Waals surface area contributed by atoms with E-state index < -0.39 is 23.9 Å². The highest BCUT2D eigenvalue weighted by atomic mass is 16.5. The number of esters is 1. The van der Waals surface area contributed by atoms with Crippen LogP contribution in [0.2, 0.25) is 0 Å². The van der Waals surface area contributed by atoms with Crippen molar-refractivity contribution in [3.05, 3.63) is 54.1 Å². The molecule has 1 aliphatic rings. The summed E-state index contributed by atoms with van der Waals surface area (Å²) in [7, 11) is 1.51. The summed E-state index contributed by atoms with van der Waals surface area (Å²) >= 11 is 0. The smallest absolute Gasteiger partial charge is 0.312 e. The number of carbonyl (C=O) groups excluding carboxylic acids is 3. The van der Waals surface area contributed by atoms with Crippen molar-refractivity contribution >= 4 is 29.2 Å². The van der Waals surface area contributed by atoms with E-state index in [9.17, 15) is 14.4 Å². The van der Waals surface area contributed by atoms with Crippen LogP contribution in [0, 0.1) is 17.2 Å². The third-order valence-electron chi connectivity index (χ3n) is 4.78. The molecule has 2 amide bonds. The van der Waals surface area contributed by atoms with Crippen LogP contribution in [0.4, 0.5) is 11.4 Å². The summed E-state index contributed by atoms with van der Waals surface area (Å²) in [6, 6.07) is 15.4. The van der Waals surface area contributed by atoms with Crippen molar-refractivity contribution in [3.63, 3.8) is 0 Å². The zero-order chi connectivity index (χ0) is 21.7. The van der Waals surface area contributed by atoms with Crippen LogP contribution in [0.25, 0.3) is 0 Å². The lowest BCUT2D eigenvalue weighted by atomic mass is 10.1. The van der Waals surface area contributed by atoms with Crippen molar-refractivity contribution in [3.8, 4) is 11.8 Å². The van der Waals surface area contributed by atoms with Gasteiger partial charge in [-0.15, -0.1) is 0 Å². The van der Waals surface area contributed by atoms with Crippen LogP contribution in [0.15, 0.2) is 48.5 Å². The van der Waals surface area contributed by atoms with Gasteiger partial charge in [-0.3, -0.25) is 14.4 Å². The van der Waals surface area contributed by atoms with Crippen LogP contribution >= 0.6 is 0 Å². The minimum atomic E-state index is -1.04. The van der Waals surface area contributed by atoms with Gasteiger partial charge in [0.2, 0.25) is 5.91 Å². The van der Waals surface area contributed by atoms with Gasteiger partial charge >= 0.3 is 5.97 Å². The molecule has 2 atom stereocenters. The largest absolute Gasteiger partial charge is 0.495 e. The third kappa shape index (κ3) is 4.58. The summed E-state index contributed by atoms with van der Waals surface area (Å²) in [6.45, 7) is 1.62. The van der Waals surface area contributed by atoms with Gasteiger partial charge in [0, 0.05) is 18.7 Å². The van der Waals surface area contributed by atoms with Crippen molar-refractivity contribution in [2.45, 2.75) is 19.4 Å². The van der Waals surface area contributed by atoms with E-state index in [0.717, 1.165) is 0 Å². The lowest BCUT2D eigenvalue weighted by Gasteiger charge is -2.20. The minimum absolute atomic E-state index is 0.000836. The lowest BCUT2D eigenvalue weighted by Crippen LogP contribution is -2.33. The normalized spacial score (nSPS) is 16.5. The first-order valence-corrected chi connectivity index (χ1v) is 9.38. The van der Waals surface area contributed by atoms with Crippen molar-refractivity contribution in [2.75, 3.05) is 23.9 Å². The fourth-order valence-corrected chi connectivity index (χ4v) is 3.15. The second-order valence-corrected chi connectivity index (χ2v) is 6.83. The Hall–Kier alpha value is -3.86. The molecule has 0 spiro atoms. The molecule has 30 heavy (non-hydrogen) atoms. The van der Waals surface area contributed by atoms with Gasteiger partial charge in [0.25, 0.3) is 5.91 Å². The maximum Gasteiger partial charge on any atom is 0.312 e. The molecule has 1 N–H and O–H groups in total. The van der Waals surface area contributed by atoms with Crippen LogP contribution in [0.5, 0.6) is 5.75 Å². The summed E-state index contributed by atoms with van der Waals surface area (Å²) in [5.41, 5.74) is 1.55. The van der Waals surface area contributed by atoms with Crippen LogP contribution in [-0.2, 0) is 19.1 Å². The molecule has 0 aromatic heterocycles. The molecule has 154 valence electrons. The first-order valence-electron chi connectivity index (χ1n) is 9.38. The van der Waals surface area contributed by atoms with Crippen LogP contribution in [0.1, 0.15) is 18.9 Å². The van der Waals surface area contributed by atoms with E-state index in [2.05, 4.69) is 5.32 Å². The van der Waals surface area contributed by atoms with Gasteiger partial charge in [-0.2, -0.15) is 5.26 Å². The number of para-hydroxylation sites is 2. The number of nitrogens with zero attached hydrogens (tertiary/aromatic N) is 2. The van der Waals surface area contributed by atoms with Gasteiger partial charge < -0.3 is 19.7 Å². The van der Waals surface area contributed by atoms with Crippen molar-refractivity contribution in [2.24, 2.45) is 5.92 Å². The highest BCUT2D eigenvalue weighted by Gasteiger charge is 2.38. The molecule has 2 aromatic rings. The molecule has 1 heterocycles. The van der Waals surface area contributed by atoms with E-state index in [1.165, 1.54) is 18.9 Å². The Labute approximate surface area is 174 Å². The Kier molecular flexibility index (Phi) is 6.32. The van der Waals surface area contributed by atoms with Crippen molar-refractivity contribution in [1.82, 2.24) is 0 Å². The topological polar surface area (TPSA) is 109 Å². The molecule has 1 aliphatic heterocycles. The molecule has 0 radical (unpaired) electrons. The van der Waals surface area contributed by atoms with E-state index >= 15 is 0 Å². The van der Waals surface area contributed by atoms with Gasteiger partial charge in [0.15, 0.2) is 6.10 Å². The second-order valence-electron chi connectivity index (χ2n) is 6.83. The number of anilines is 2. The van der Waals surface area contributed by atoms with Crippen LogP contribution in [-0.4, -0.2) is 37.5 Å². The van der Waals surface area contributed by atoms with E-state index in [0.29, 0.717) is 22.7 Å². The molecule has 0 bridgehead atoms. The predicted octanol–water partition coefficient (Wildman–Crippen LogP) is 2.49. The highest BCUT2D eigenvalue weighted by Crippen LogP contribution is 2.33. The molecule has 1 saturated heterocycles. The highest BCUT2D eigenvalue weighted by molar-refractivity contribution is 6.01. The Bertz CT molecular complexity index is 997. The Morgan fingerprint density at radius 2 is 1.90 bits per heavy atom. The number of rotatable bonds is 6. The number of carbonyl (C=O) groups is 3. The van der Waals surface area contributed by atoms with E-state index in [1.807, 2.05) is 6.07 Å². The average Bonchev–Trinajstić information content (AvgIpc) is 3.15. The Balaban J connectivity index is 1.59. The molecule has 0 saturated carbocycles. The van der Waals surface area contributed by atoms with Crippen LogP contribution < -0.4 is 15.0 Å². The maximum absolute atomic E-state index is 12.5. The van der Waals surface area contributed by atoms with Crippen molar-refractivity contribution < 1.29 is 23.9 Å². The Morgan fingerprint density at radius 1 is 1.20 bits per heavy atom. The lowest BCUT2D eigenvalue weighted by molar-refractivity contribution is -0.157. The van der Waals surface area contributed by atoms with Gasteiger partial charge in [0.05, 0.1) is 30.3 Å². The van der Waals surface area contributed by atoms with E-state index in [1.54, 1.807) is 48.5 Å². The first-order chi connectivity index (χ1) is 14.4. The summed E-state index contributed by atoms with van der Waals surface area (Å²) in [5, 5.41) is 11.4. The SMILES string of the molecule is COc1ccccc1N1C[C@H](C(=O)O[C@@H](C)C(=O)Nc2ccc(C#N)cc2)CC1=O. The molecule has 8 heteroatoms. The standard InChI is InChI=1S/C22H21N3O5/c1-14(21(27)24-17-9-7-15(12-23)8-10-17)30-22(28)16-11-20(26)25(13-16)18-5-3-4-6-19(18)29-2/h3-10,14,16H,11,13H2,1-2H3,(H,24,27)/t14-,16+/m0/s1. The van der Waals surface area contributed by atoms with Crippen molar-refractivity contribution in [1.29, 1.82) is 5.26 Å². The number of hydrogen-bond acceptors (Lipinski definition) is 6. The van der Waals surface area contributed by atoms with Gasteiger partial charge in [-0.05, 0) is 43.3 Å². The quantitative estimate of drug-likeness (QED) is 0.737. The minimum Gasteiger partial charge on any atom is -0.495 e. The predicted molar refractivity (Wildman–Crippen MR) is 109 cm³/mol. The fourth-order valence-electron chi connectivity index (χ4n) is 3.15. The molecular weight excluding hydrogens is 386 g/mol. The van der Waals surface area contributed by atoms with E-state index in [-0.39, 0.29) is 18.9 Å².